The second-order valence-electron chi connectivity index (χ2n) is 4.61. The van der Waals surface area contributed by atoms with Crippen molar-refractivity contribution in [1.29, 1.82) is 0 Å². The van der Waals surface area contributed by atoms with E-state index in [0.29, 0.717) is 12.2 Å². The van der Waals surface area contributed by atoms with Crippen LogP contribution in [0.15, 0.2) is 52.3 Å². The number of carbonyl (C=O) groups excluding carboxylic acids is 1. The molecule has 3 rings (SSSR count). The summed E-state index contributed by atoms with van der Waals surface area (Å²) < 4.78 is 5.27. The SMILES string of the molecule is CC1=C2C=CC(=Nc3ccc(C)s3)C=C2OC(=O)C1. The van der Waals surface area contributed by atoms with E-state index in [4.69, 9.17) is 4.74 Å². The van der Waals surface area contributed by atoms with E-state index >= 15 is 0 Å². The predicted octanol–water partition coefficient (Wildman–Crippen LogP) is 3.85. The molecule has 0 aromatic carbocycles. The van der Waals surface area contributed by atoms with Crippen molar-refractivity contribution < 1.29 is 9.53 Å². The third kappa shape index (κ3) is 2.44. The first kappa shape index (κ1) is 12.1. The van der Waals surface area contributed by atoms with Crippen LogP contribution in [-0.2, 0) is 9.53 Å². The van der Waals surface area contributed by atoms with Crippen molar-refractivity contribution in [3.63, 3.8) is 0 Å². The van der Waals surface area contributed by atoms with Crippen LogP contribution >= 0.6 is 11.3 Å². The molecular weight excluding hydrogens is 258 g/mol. The topological polar surface area (TPSA) is 38.7 Å². The minimum atomic E-state index is -0.200. The van der Waals surface area contributed by atoms with Crippen LogP contribution in [-0.4, -0.2) is 11.7 Å². The Hall–Kier alpha value is -1.94. The standard InChI is InChI=1S/C15H13NO2S/c1-9-7-15(17)18-13-8-11(4-5-12(9)13)16-14-6-3-10(2)19-14/h3-6,8H,7H2,1-2H3. The summed E-state index contributed by atoms with van der Waals surface area (Å²) in [5, 5.41) is 0.959. The Bertz CT molecular complexity index is 674. The van der Waals surface area contributed by atoms with Gasteiger partial charge in [0.15, 0.2) is 0 Å². The monoisotopic (exact) mass is 271 g/mol. The second-order valence-corrected chi connectivity index (χ2v) is 5.87. The smallest absolute Gasteiger partial charge is 0.315 e. The summed E-state index contributed by atoms with van der Waals surface area (Å²) in [6.07, 6.45) is 6.12. The molecule has 0 unspecified atom stereocenters. The predicted molar refractivity (Wildman–Crippen MR) is 76.8 cm³/mol. The van der Waals surface area contributed by atoms with Crippen molar-refractivity contribution in [2.45, 2.75) is 20.3 Å². The fraction of sp³-hybridized carbons (Fsp3) is 0.200. The van der Waals surface area contributed by atoms with Crippen molar-refractivity contribution in [3.05, 3.63) is 52.1 Å². The third-order valence-corrected chi connectivity index (χ3v) is 3.92. The van der Waals surface area contributed by atoms with Crippen LogP contribution in [0.25, 0.3) is 0 Å². The number of aryl methyl sites for hydroxylation is 1. The molecule has 1 aliphatic heterocycles. The van der Waals surface area contributed by atoms with Crippen molar-refractivity contribution >= 4 is 28.0 Å². The van der Waals surface area contributed by atoms with Crippen molar-refractivity contribution in [2.24, 2.45) is 4.99 Å². The lowest BCUT2D eigenvalue weighted by atomic mass is 9.97. The van der Waals surface area contributed by atoms with Gasteiger partial charge in [0.05, 0.1) is 12.1 Å². The molecule has 3 nitrogen and oxygen atoms in total. The largest absolute Gasteiger partial charge is 0.426 e. The molecule has 0 saturated heterocycles. The van der Waals surface area contributed by atoms with E-state index in [-0.39, 0.29) is 5.97 Å². The van der Waals surface area contributed by atoms with Gasteiger partial charge in [0.2, 0.25) is 0 Å². The Balaban J connectivity index is 1.96. The summed E-state index contributed by atoms with van der Waals surface area (Å²) in [4.78, 5) is 17.2. The molecular formula is C15H13NO2S. The number of esters is 1. The van der Waals surface area contributed by atoms with E-state index in [1.54, 1.807) is 11.3 Å². The Labute approximate surface area is 115 Å². The lowest BCUT2D eigenvalue weighted by molar-refractivity contribution is -0.138. The third-order valence-electron chi connectivity index (χ3n) is 3.02. The summed E-state index contributed by atoms with van der Waals surface area (Å²) in [6, 6.07) is 4.03. The van der Waals surface area contributed by atoms with E-state index in [9.17, 15) is 4.79 Å². The van der Waals surface area contributed by atoms with Gasteiger partial charge in [-0.3, -0.25) is 4.79 Å². The second kappa shape index (κ2) is 4.63. The minimum absolute atomic E-state index is 0.200. The maximum Gasteiger partial charge on any atom is 0.315 e. The molecule has 19 heavy (non-hydrogen) atoms. The highest BCUT2D eigenvalue weighted by Crippen LogP contribution is 2.30. The maximum absolute atomic E-state index is 11.4. The number of allylic oxidation sites excluding steroid dienone is 3. The molecule has 96 valence electrons. The molecule has 2 aliphatic rings. The van der Waals surface area contributed by atoms with Crippen LogP contribution in [0.5, 0.6) is 0 Å². The Morgan fingerprint density at radius 2 is 2.11 bits per heavy atom. The molecule has 2 heterocycles. The zero-order valence-corrected chi connectivity index (χ0v) is 11.6. The number of aliphatic imine (C=N–C) groups is 1. The first-order valence-corrected chi connectivity index (χ1v) is 6.89. The first-order chi connectivity index (χ1) is 9.11. The molecule has 0 atom stereocenters. The molecule has 0 radical (unpaired) electrons. The molecule has 0 spiro atoms. The fourth-order valence-corrected chi connectivity index (χ4v) is 2.85. The van der Waals surface area contributed by atoms with Crippen LogP contribution in [0.4, 0.5) is 5.00 Å². The maximum atomic E-state index is 11.4. The van der Waals surface area contributed by atoms with E-state index in [2.05, 4.69) is 11.9 Å². The summed E-state index contributed by atoms with van der Waals surface area (Å²) >= 11 is 1.64. The highest BCUT2D eigenvalue weighted by Gasteiger charge is 2.22. The molecule has 0 N–H and O–H groups in total. The van der Waals surface area contributed by atoms with Crippen LogP contribution in [0.1, 0.15) is 18.2 Å². The van der Waals surface area contributed by atoms with Gasteiger partial charge >= 0.3 is 5.97 Å². The number of rotatable bonds is 1. The molecule has 0 amide bonds. The zero-order chi connectivity index (χ0) is 13.4. The summed E-state index contributed by atoms with van der Waals surface area (Å²) in [6.45, 7) is 4.01. The Kier molecular flexibility index (Phi) is 2.95. The molecule has 0 fully saturated rings. The van der Waals surface area contributed by atoms with E-state index < -0.39 is 0 Å². The van der Waals surface area contributed by atoms with Gasteiger partial charge in [0.25, 0.3) is 0 Å². The normalized spacial score (nSPS) is 20.4. The van der Waals surface area contributed by atoms with Gasteiger partial charge in [-0.25, -0.2) is 4.99 Å². The van der Waals surface area contributed by atoms with Gasteiger partial charge in [-0.05, 0) is 38.1 Å². The highest BCUT2D eigenvalue weighted by atomic mass is 32.1. The first-order valence-electron chi connectivity index (χ1n) is 6.07. The number of nitrogens with zero attached hydrogens (tertiary/aromatic N) is 1. The molecule has 1 aromatic rings. The lowest BCUT2D eigenvalue weighted by Crippen LogP contribution is -2.16. The molecule has 1 aromatic heterocycles. The average molecular weight is 271 g/mol. The number of hydrogen-bond donors (Lipinski definition) is 0. The van der Waals surface area contributed by atoms with Crippen LogP contribution in [0.3, 0.4) is 0 Å². The molecule has 0 saturated carbocycles. The number of ether oxygens (including phenoxy) is 1. The fourth-order valence-electron chi connectivity index (χ4n) is 2.10. The Morgan fingerprint density at radius 1 is 1.26 bits per heavy atom. The molecule has 0 bridgehead atoms. The summed E-state index contributed by atoms with van der Waals surface area (Å²) in [7, 11) is 0. The quantitative estimate of drug-likeness (QED) is 0.728. The Morgan fingerprint density at radius 3 is 2.84 bits per heavy atom. The number of carbonyl (C=O) groups is 1. The van der Waals surface area contributed by atoms with Crippen LogP contribution in [0.2, 0.25) is 0 Å². The van der Waals surface area contributed by atoms with Crippen molar-refractivity contribution in [1.82, 2.24) is 0 Å². The van der Waals surface area contributed by atoms with E-state index in [0.717, 1.165) is 21.9 Å². The van der Waals surface area contributed by atoms with Gasteiger partial charge in [-0.2, -0.15) is 0 Å². The van der Waals surface area contributed by atoms with Gasteiger partial charge in [0, 0.05) is 16.5 Å². The van der Waals surface area contributed by atoms with Gasteiger partial charge in [0.1, 0.15) is 10.8 Å². The number of fused-ring (bicyclic) bond motifs is 1. The molecule has 1 aliphatic carbocycles. The van der Waals surface area contributed by atoms with Crippen LogP contribution in [0, 0.1) is 6.92 Å². The van der Waals surface area contributed by atoms with Gasteiger partial charge in [-0.1, -0.05) is 5.57 Å². The van der Waals surface area contributed by atoms with Gasteiger partial charge in [-0.15, -0.1) is 11.3 Å². The summed E-state index contributed by atoms with van der Waals surface area (Å²) in [5.41, 5.74) is 2.86. The van der Waals surface area contributed by atoms with Crippen LogP contribution < -0.4 is 0 Å². The average Bonchev–Trinajstić information content (AvgIpc) is 2.74. The number of hydrogen-bond acceptors (Lipinski definition) is 4. The lowest BCUT2D eigenvalue weighted by Gasteiger charge is -2.20. The molecule has 4 heteroatoms. The highest BCUT2D eigenvalue weighted by molar-refractivity contribution is 7.15. The van der Waals surface area contributed by atoms with E-state index in [1.165, 1.54) is 4.88 Å². The minimum Gasteiger partial charge on any atom is -0.426 e. The summed E-state index contributed by atoms with van der Waals surface area (Å²) in [5.74, 6) is 0.414. The van der Waals surface area contributed by atoms with Gasteiger partial charge < -0.3 is 4.74 Å². The van der Waals surface area contributed by atoms with Crippen molar-refractivity contribution in [2.75, 3.05) is 0 Å². The van der Waals surface area contributed by atoms with Crippen molar-refractivity contribution in [3.8, 4) is 0 Å². The zero-order valence-electron chi connectivity index (χ0n) is 10.8. The number of thiophene rings is 1. The van der Waals surface area contributed by atoms with E-state index in [1.807, 2.05) is 37.3 Å².